The number of aliphatic carboxylic acids is 1. The number of carbonyl (C=O) groups excluding carboxylic acids is 3. The standard InChI is InChI=1S/C57H61IN8O6S/c1-35-39(41-16-18-49(58-51(41)56(70)71)66-30-24-37-8-5-11-42(45(37)34-66)54(68)61-57-59-46-13-3-4-15-48(46)73-57)9-7-14-47(35)72-33-25-36-20-26-64(27-21-36)31-32-65-28-22-38(23-29-65)40-10-6-12-43-52(62-63(2)53(40)43)44-17-19-50(67)60-55(44)69/h3-16,18,36,38,44H,17,19-34H2,1-2H3,(H,70,71)(H,59,61,68)(H,60,67,69). The van der Waals surface area contributed by atoms with Crippen molar-refractivity contribution in [3.05, 3.63) is 134 Å². The lowest BCUT2D eigenvalue weighted by Crippen LogP contribution is -2.42. The Balaban J connectivity index is 0.654. The Bertz CT molecular complexity index is 3200. The largest absolute Gasteiger partial charge is 0.493 e. The second-order valence-corrected chi connectivity index (χ2v) is 23.8. The van der Waals surface area contributed by atoms with Gasteiger partial charge >= 0.3 is 5.97 Å². The fraction of sp³-hybridized carbons (Fsp3) is 0.386. The number of nitrogens with one attached hydrogen (secondary N) is 2. The number of anilines is 1. The lowest BCUT2D eigenvalue weighted by Gasteiger charge is -2.36. The molecule has 0 spiro atoms. The molecule has 11 rings (SSSR count). The third kappa shape index (κ3) is 10.5. The van der Waals surface area contributed by atoms with Crippen molar-refractivity contribution in [2.45, 2.75) is 76.7 Å². The number of amides is 3. The number of rotatable bonds is 14. The molecule has 7 heterocycles. The average molecular weight is 1110 g/mol. The summed E-state index contributed by atoms with van der Waals surface area (Å²) in [5, 5.41) is 22.6. The van der Waals surface area contributed by atoms with Crippen LogP contribution in [0.1, 0.15) is 101 Å². The van der Waals surface area contributed by atoms with Crippen LogP contribution in [0.5, 0.6) is 5.75 Å². The molecule has 2 aromatic heterocycles. The molecule has 3 fully saturated rings. The number of fused-ring (bicyclic) bond motifs is 3. The van der Waals surface area contributed by atoms with Crippen LogP contribution in [0.15, 0.2) is 94.6 Å². The maximum atomic E-state index is 13.7. The summed E-state index contributed by atoms with van der Waals surface area (Å²) < 4.78 is 10.9. The topological polar surface area (TPSA) is 162 Å². The summed E-state index contributed by atoms with van der Waals surface area (Å²) in [6.07, 6.45) is 11.2. The number of carbonyl (C=O) groups is 4. The Morgan fingerprint density at radius 3 is 2.42 bits per heavy atom. The summed E-state index contributed by atoms with van der Waals surface area (Å²) in [7, 11) is 1.97. The van der Waals surface area contributed by atoms with Crippen LogP contribution in [0.4, 0.5) is 5.13 Å². The van der Waals surface area contributed by atoms with Crippen LogP contribution in [0.25, 0.3) is 26.7 Å². The first-order valence-corrected chi connectivity index (χ1v) is 28.7. The van der Waals surface area contributed by atoms with Gasteiger partial charge in [-0.1, -0.05) is 92.7 Å². The molecule has 5 aliphatic rings. The maximum Gasteiger partial charge on any atom is 0.342 e. The van der Waals surface area contributed by atoms with Gasteiger partial charge in [-0.05, 0) is 148 Å². The van der Waals surface area contributed by atoms with E-state index in [0.29, 0.717) is 52.1 Å². The van der Waals surface area contributed by atoms with Crippen LogP contribution in [-0.4, -0.2) is 114 Å². The van der Waals surface area contributed by atoms with Crippen LogP contribution >= 0.6 is 32.1 Å². The minimum atomic E-state index is -1.03. The molecule has 1 atom stereocenters. The second-order valence-electron chi connectivity index (χ2n) is 20.1. The van der Waals surface area contributed by atoms with E-state index in [1.165, 1.54) is 16.9 Å². The highest BCUT2D eigenvalue weighted by Crippen LogP contribution is 2.40. The van der Waals surface area contributed by atoms with Gasteiger partial charge in [0.2, 0.25) is 11.8 Å². The summed E-state index contributed by atoms with van der Waals surface area (Å²) >= 11 is 0.424. The van der Waals surface area contributed by atoms with E-state index in [1.807, 2.05) is 79.3 Å². The molecule has 4 aromatic carbocycles. The summed E-state index contributed by atoms with van der Waals surface area (Å²) in [6.45, 7) is 10.4. The van der Waals surface area contributed by atoms with Crippen molar-refractivity contribution in [3.63, 3.8) is 0 Å². The van der Waals surface area contributed by atoms with Crippen molar-refractivity contribution in [2.24, 2.45) is 13.0 Å². The Kier molecular flexibility index (Phi) is 14.5. The van der Waals surface area contributed by atoms with Crippen LogP contribution < -0.4 is 15.4 Å². The van der Waals surface area contributed by atoms with E-state index >= 15 is 0 Å². The number of carboxylic acids is 1. The Labute approximate surface area is 439 Å². The lowest BCUT2D eigenvalue weighted by molar-refractivity contribution is -0.134. The Morgan fingerprint density at radius 1 is 0.877 bits per heavy atom. The molecule has 0 radical (unpaired) electrons. The summed E-state index contributed by atoms with van der Waals surface area (Å²) in [4.78, 5) is 63.3. The van der Waals surface area contributed by atoms with E-state index in [1.54, 1.807) is 0 Å². The quantitative estimate of drug-likeness (QED) is 0.0705. The van der Waals surface area contributed by atoms with E-state index in [0.717, 1.165) is 148 Å². The predicted molar refractivity (Wildman–Crippen MR) is 296 cm³/mol. The van der Waals surface area contributed by atoms with Crippen molar-refractivity contribution in [1.29, 1.82) is 0 Å². The number of allylic oxidation sites excluding steroid dienone is 2. The van der Waals surface area contributed by atoms with Crippen molar-refractivity contribution in [3.8, 4) is 5.75 Å². The van der Waals surface area contributed by atoms with Crippen LogP contribution in [0, 0.1) is 12.8 Å². The summed E-state index contributed by atoms with van der Waals surface area (Å²) in [6, 6.07) is 26.1. The van der Waals surface area contributed by atoms with Crippen LogP contribution in [0.2, 0.25) is 0 Å². The monoisotopic (exact) mass is 1110 g/mol. The number of likely N-dealkylation sites (tertiary alicyclic amines) is 2. The number of ether oxygens (including phenoxy) is 1. The molecule has 73 heavy (non-hydrogen) atoms. The number of aromatic nitrogens is 3. The molecule has 0 saturated carbocycles. The molecule has 3 N–H and O–H groups in total. The van der Waals surface area contributed by atoms with E-state index in [2.05, 4.69) is 60.7 Å². The van der Waals surface area contributed by atoms with Crippen LogP contribution in [0.3, 0.4) is 0 Å². The first-order chi connectivity index (χ1) is 35.5. The smallest absolute Gasteiger partial charge is 0.342 e. The van der Waals surface area contributed by atoms with Crippen molar-refractivity contribution >= 4 is 91.2 Å². The normalized spacial score (nSPS) is 19.7. The molecule has 5 aliphatic heterocycles. The zero-order valence-corrected chi connectivity index (χ0v) is 44.3. The van der Waals surface area contributed by atoms with Gasteiger partial charge in [-0.2, -0.15) is 5.10 Å². The van der Waals surface area contributed by atoms with Gasteiger partial charge < -0.3 is 19.6 Å². The molecule has 0 bridgehead atoms. The molecular formula is C57H61IN8O6S. The van der Waals surface area contributed by atoms with Crippen molar-refractivity contribution < 1.29 is 29.0 Å². The molecule has 0 aliphatic carbocycles. The predicted octanol–water partition coefficient (Wildman–Crippen LogP) is 9.15. The third-order valence-corrected chi connectivity index (χ3v) is 19.8. The lowest BCUT2D eigenvalue weighted by atomic mass is 9.86. The van der Waals surface area contributed by atoms with Gasteiger partial charge in [0.15, 0.2) is 5.13 Å². The maximum absolute atomic E-state index is 13.7. The van der Waals surface area contributed by atoms with E-state index in [4.69, 9.17) is 9.84 Å². The zero-order valence-electron chi connectivity index (χ0n) is 41.4. The third-order valence-electron chi connectivity index (χ3n) is 15.7. The number of halogens is 1. The van der Waals surface area contributed by atoms with E-state index in [9.17, 15) is 24.3 Å². The minimum absolute atomic E-state index is 0.188. The number of nitrogens with zero attached hydrogens (tertiary/aromatic N) is 6. The van der Waals surface area contributed by atoms with E-state index < -0.39 is 32.6 Å². The SMILES string of the molecule is Cc1c(OCCC2CCN(CCN3CCC(c4cccc5c(C6CCC(=O)NC6=O)nn(C)c45)CC3)CC2)cccc1C1=C(C(=O)O)I=C(N2CCc3cccc(C(=O)Nc4nc5ccccc5s4)c3C2)C=C1. The number of imide groups is 1. The summed E-state index contributed by atoms with van der Waals surface area (Å²) in [5.74, 6) is -0.0843. The van der Waals surface area contributed by atoms with Gasteiger partial charge in [-0.3, -0.25) is 34.6 Å². The highest BCUT2D eigenvalue weighted by molar-refractivity contribution is 14.2. The fourth-order valence-corrected chi connectivity index (χ4v) is 15.1. The van der Waals surface area contributed by atoms with Crippen LogP contribution in [-0.2, 0) is 34.4 Å². The van der Waals surface area contributed by atoms with Gasteiger partial charge in [-0.15, -0.1) is 0 Å². The van der Waals surface area contributed by atoms with Gasteiger partial charge in [0, 0.05) is 56.2 Å². The fourth-order valence-electron chi connectivity index (χ4n) is 11.6. The number of para-hydroxylation sites is 2. The molecule has 3 amide bonds. The number of thiazole rings is 1. The zero-order chi connectivity index (χ0) is 50.2. The van der Waals surface area contributed by atoms with Gasteiger partial charge in [0.25, 0.3) is 5.91 Å². The molecule has 3 saturated heterocycles. The number of benzene rings is 4. The van der Waals surface area contributed by atoms with Gasteiger partial charge in [0.1, 0.15) is 9.33 Å². The highest BCUT2D eigenvalue weighted by atomic mass is 127. The van der Waals surface area contributed by atoms with Crippen molar-refractivity contribution in [2.75, 3.05) is 57.7 Å². The molecule has 14 nitrogen and oxygen atoms in total. The number of piperidine rings is 3. The van der Waals surface area contributed by atoms with Gasteiger partial charge in [-0.25, -0.2) is 9.78 Å². The molecule has 16 heteroatoms. The number of carboxylic acid groups (broad SMARTS) is 1. The first-order valence-electron chi connectivity index (χ1n) is 25.7. The molecule has 378 valence electrons. The second kappa shape index (κ2) is 21.5. The molecule has 6 aromatic rings. The Morgan fingerprint density at radius 2 is 1.64 bits per heavy atom. The van der Waals surface area contributed by atoms with Gasteiger partial charge in [0.05, 0.1) is 37.6 Å². The summed E-state index contributed by atoms with van der Waals surface area (Å²) in [5.41, 5.74) is 9.39. The number of hydrogen-bond donors (Lipinski definition) is 3. The average Bonchev–Trinajstić information content (AvgIpc) is 3.98. The first kappa shape index (κ1) is 49.3. The van der Waals surface area contributed by atoms with Crippen molar-refractivity contribution in [1.82, 2.24) is 34.8 Å². The minimum Gasteiger partial charge on any atom is -0.493 e. The number of aryl methyl sites for hydroxylation is 1. The highest BCUT2D eigenvalue weighted by Gasteiger charge is 2.34. The Hall–Kier alpha value is -5.92. The number of hydrogen-bond acceptors (Lipinski definition) is 11. The molecular weight excluding hydrogens is 1050 g/mol. The van der Waals surface area contributed by atoms with E-state index in [-0.39, 0.29) is 17.7 Å². The molecule has 1 unspecified atom stereocenters.